The summed E-state index contributed by atoms with van der Waals surface area (Å²) in [6.45, 7) is 4.04. The Morgan fingerprint density at radius 1 is 1.20 bits per heavy atom. The minimum absolute atomic E-state index is 0.830. The summed E-state index contributed by atoms with van der Waals surface area (Å²) < 4.78 is 0. The third-order valence-electron chi connectivity index (χ3n) is 2.07. The fourth-order valence-corrected chi connectivity index (χ4v) is 1.29. The van der Waals surface area contributed by atoms with Gasteiger partial charge < -0.3 is 10.7 Å². The molecule has 15 heavy (non-hydrogen) atoms. The number of hydrogen-bond donors (Lipinski definition) is 2. The molecule has 0 amide bonds. The SMILES string of the molecule is CCc1nc(NC)c(C)c(NN(C)C)n1. The average molecular weight is 209 g/mol. The minimum atomic E-state index is 0.830. The second kappa shape index (κ2) is 4.93. The number of aryl methyl sites for hydroxylation is 1. The minimum Gasteiger partial charge on any atom is -0.373 e. The van der Waals surface area contributed by atoms with Crippen molar-refractivity contribution in [3.8, 4) is 0 Å². The van der Waals surface area contributed by atoms with Crippen molar-refractivity contribution in [2.75, 3.05) is 31.9 Å². The lowest BCUT2D eigenvalue weighted by molar-refractivity contribution is 0.491. The highest BCUT2D eigenvalue weighted by molar-refractivity contribution is 5.56. The third kappa shape index (κ3) is 2.79. The van der Waals surface area contributed by atoms with Crippen LogP contribution in [0.15, 0.2) is 0 Å². The molecule has 1 aromatic rings. The average Bonchev–Trinajstić information content (AvgIpc) is 2.20. The smallest absolute Gasteiger partial charge is 0.149 e. The first-order valence-electron chi connectivity index (χ1n) is 5.07. The maximum Gasteiger partial charge on any atom is 0.149 e. The standard InChI is InChI=1S/C10H19N5/c1-6-8-12-9(11-3)7(2)10(13-8)14-15(4)5/h6H2,1-5H3,(H2,11,12,13,14). The lowest BCUT2D eigenvalue weighted by atomic mass is 10.3. The van der Waals surface area contributed by atoms with Gasteiger partial charge in [-0.05, 0) is 6.92 Å². The normalized spacial score (nSPS) is 10.5. The summed E-state index contributed by atoms with van der Waals surface area (Å²) in [6, 6.07) is 0. The first-order chi connectivity index (χ1) is 7.08. The molecule has 5 nitrogen and oxygen atoms in total. The predicted octanol–water partition coefficient (Wildman–Crippen LogP) is 1.28. The maximum absolute atomic E-state index is 4.44. The summed E-state index contributed by atoms with van der Waals surface area (Å²) in [6.07, 6.45) is 0.830. The van der Waals surface area contributed by atoms with E-state index < -0.39 is 0 Å². The number of rotatable bonds is 4. The van der Waals surface area contributed by atoms with Gasteiger partial charge in [0.15, 0.2) is 0 Å². The molecule has 0 bridgehead atoms. The molecule has 0 aliphatic heterocycles. The van der Waals surface area contributed by atoms with E-state index in [1.807, 2.05) is 40.0 Å². The molecule has 0 aliphatic rings. The van der Waals surface area contributed by atoms with Crippen molar-refractivity contribution < 1.29 is 0 Å². The van der Waals surface area contributed by atoms with Crippen LogP contribution < -0.4 is 10.7 Å². The molecule has 0 aromatic carbocycles. The molecule has 1 rings (SSSR count). The summed E-state index contributed by atoms with van der Waals surface area (Å²) in [5.74, 6) is 2.58. The first kappa shape index (κ1) is 11.7. The highest BCUT2D eigenvalue weighted by atomic mass is 15.5. The highest BCUT2D eigenvalue weighted by Gasteiger charge is 2.09. The molecule has 0 aliphatic carbocycles. The van der Waals surface area contributed by atoms with Gasteiger partial charge in [-0.3, -0.25) is 0 Å². The van der Waals surface area contributed by atoms with E-state index >= 15 is 0 Å². The molecule has 0 saturated heterocycles. The topological polar surface area (TPSA) is 53.1 Å². The van der Waals surface area contributed by atoms with E-state index in [0.717, 1.165) is 29.4 Å². The number of anilines is 2. The fourth-order valence-electron chi connectivity index (χ4n) is 1.29. The fraction of sp³-hybridized carbons (Fsp3) is 0.600. The van der Waals surface area contributed by atoms with E-state index in [9.17, 15) is 0 Å². The van der Waals surface area contributed by atoms with Crippen LogP contribution in [0.5, 0.6) is 0 Å². The van der Waals surface area contributed by atoms with Gasteiger partial charge in [-0.2, -0.15) is 0 Å². The van der Waals surface area contributed by atoms with E-state index in [0.29, 0.717) is 0 Å². The van der Waals surface area contributed by atoms with Crippen LogP contribution in [0.3, 0.4) is 0 Å². The Morgan fingerprint density at radius 2 is 1.80 bits per heavy atom. The van der Waals surface area contributed by atoms with E-state index in [1.165, 1.54) is 0 Å². The molecule has 0 unspecified atom stereocenters. The third-order valence-corrected chi connectivity index (χ3v) is 2.07. The van der Waals surface area contributed by atoms with Crippen LogP contribution in [0.25, 0.3) is 0 Å². The Balaban J connectivity index is 3.12. The molecule has 1 heterocycles. The van der Waals surface area contributed by atoms with Crippen LogP contribution in [-0.4, -0.2) is 36.1 Å². The van der Waals surface area contributed by atoms with Gasteiger partial charge in [0.25, 0.3) is 0 Å². The van der Waals surface area contributed by atoms with E-state index in [1.54, 1.807) is 0 Å². The van der Waals surface area contributed by atoms with E-state index in [-0.39, 0.29) is 0 Å². The quantitative estimate of drug-likeness (QED) is 0.732. The molecule has 5 heteroatoms. The predicted molar refractivity (Wildman–Crippen MR) is 63.0 cm³/mol. The molecule has 0 atom stereocenters. The molecule has 0 radical (unpaired) electrons. The van der Waals surface area contributed by atoms with Crippen LogP contribution in [0, 0.1) is 6.92 Å². The molecular weight excluding hydrogens is 190 g/mol. The van der Waals surface area contributed by atoms with Crippen molar-refractivity contribution >= 4 is 11.6 Å². The van der Waals surface area contributed by atoms with Gasteiger partial charge in [-0.15, -0.1) is 0 Å². The van der Waals surface area contributed by atoms with Gasteiger partial charge in [0.1, 0.15) is 17.5 Å². The molecule has 0 saturated carbocycles. The zero-order valence-electron chi connectivity index (χ0n) is 10.0. The Hall–Kier alpha value is -1.36. The number of nitrogens with one attached hydrogen (secondary N) is 2. The number of hydrazine groups is 1. The number of nitrogens with zero attached hydrogens (tertiary/aromatic N) is 3. The van der Waals surface area contributed by atoms with Crippen LogP contribution in [0.2, 0.25) is 0 Å². The molecule has 2 N–H and O–H groups in total. The van der Waals surface area contributed by atoms with Crippen molar-refractivity contribution in [3.63, 3.8) is 0 Å². The molecule has 1 aromatic heterocycles. The summed E-state index contributed by atoms with van der Waals surface area (Å²) in [4.78, 5) is 8.83. The second-order valence-corrected chi connectivity index (χ2v) is 3.57. The summed E-state index contributed by atoms with van der Waals surface area (Å²) in [5.41, 5.74) is 4.20. The van der Waals surface area contributed by atoms with Gasteiger partial charge in [0.2, 0.25) is 0 Å². The monoisotopic (exact) mass is 209 g/mol. The van der Waals surface area contributed by atoms with E-state index in [4.69, 9.17) is 0 Å². The number of aromatic nitrogens is 2. The molecule has 0 spiro atoms. The van der Waals surface area contributed by atoms with Crippen molar-refractivity contribution in [2.45, 2.75) is 20.3 Å². The van der Waals surface area contributed by atoms with Gasteiger partial charge in [-0.25, -0.2) is 15.0 Å². The highest BCUT2D eigenvalue weighted by Crippen LogP contribution is 2.19. The van der Waals surface area contributed by atoms with Gasteiger partial charge in [0.05, 0.1) is 0 Å². The van der Waals surface area contributed by atoms with Crippen LogP contribution in [0.4, 0.5) is 11.6 Å². The molecular formula is C10H19N5. The first-order valence-corrected chi connectivity index (χ1v) is 5.07. The lowest BCUT2D eigenvalue weighted by Crippen LogP contribution is -2.22. The number of hydrogen-bond acceptors (Lipinski definition) is 5. The van der Waals surface area contributed by atoms with E-state index in [2.05, 4.69) is 20.7 Å². The Morgan fingerprint density at radius 3 is 2.27 bits per heavy atom. The second-order valence-electron chi connectivity index (χ2n) is 3.57. The van der Waals surface area contributed by atoms with Crippen LogP contribution >= 0.6 is 0 Å². The van der Waals surface area contributed by atoms with Crippen LogP contribution in [0.1, 0.15) is 18.3 Å². The van der Waals surface area contributed by atoms with Gasteiger partial charge >= 0.3 is 0 Å². The summed E-state index contributed by atoms with van der Waals surface area (Å²) in [5, 5.41) is 4.94. The lowest BCUT2D eigenvalue weighted by Gasteiger charge is -2.17. The Kier molecular flexibility index (Phi) is 3.85. The largest absolute Gasteiger partial charge is 0.373 e. The molecule has 0 fully saturated rings. The maximum atomic E-state index is 4.44. The van der Waals surface area contributed by atoms with Crippen molar-refractivity contribution in [1.82, 2.24) is 15.0 Å². The van der Waals surface area contributed by atoms with Crippen LogP contribution in [-0.2, 0) is 6.42 Å². The van der Waals surface area contributed by atoms with Crippen molar-refractivity contribution in [3.05, 3.63) is 11.4 Å². The zero-order chi connectivity index (χ0) is 11.4. The zero-order valence-corrected chi connectivity index (χ0v) is 10.0. The summed E-state index contributed by atoms with van der Waals surface area (Å²) >= 11 is 0. The van der Waals surface area contributed by atoms with Crippen molar-refractivity contribution in [1.29, 1.82) is 0 Å². The Bertz CT molecular complexity index is 335. The van der Waals surface area contributed by atoms with Crippen molar-refractivity contribution in [2.24, 2.45) is 0 Å². The Labute approximate surface area is 90.9 Å². The molecule has 84 valence electrons. The van der Waals surface area contributed by atoms with Gasteiger partial charge in [0, 0.05) is 33.1 Å². The summed E-state index contributed by atoms with van der Waals surface area (Å²) in [7, 11) is 5.74. The van der Waals surface area contributed by atoms with Gasteiger partial charge in [-0.1, -0.05) is 6.92 Å².